The molecule has 0 atom stereocenters. The van der Waals surface area contributed by atoms with E-state index in [2.05, 4.69) is 30.2 Å². The fourth-order valence-electron chi connectivity index (χ4n) is 2.61. The summed E-state index contributed by atoms with van der Waals surface area (Å²) in [5, 5.41) is 4.81. The summed E-state index contributed by atoms with van der Waals surface area (Å²) in [7, 11) is 0. The van der Waals surface area contributed by atoms with Crippen molar-refractivity contribution < 1.29 is 0 Å². The van der Waals surface area contributed by atoms with E-state index in [1.54, 1.807) is 12.4 Å². The zero-order valence-corrected chi connectivity index (χ0v) is 14.0. The van der Waals surface area contributed by atoms with E-state index < -0.39 is 0 Å². The van der Waals surface area contributed by atoms with Crippen LogP contribution in [0.5, 0.6) is 0 Å². The van der Waals surface area contributed by atoms with Crippen molar-refractivity contribution in [3.8, 4) is 0 Å². The van der Waals surface area contributed by atoms with Gasteiger partial charge in [-0.15, -0.1) is 0 Å². The Balaban J connectivity index is 1.45. The Morgan fingerprint density at radius 1 is 1.04 bits per heavy atom. The highest BCUT2D eigenvalue weighted by Gasteiger charge is 2.07. The van der Waals surface area contributed by atoms with Crippen molar-refractivity contribution in [3.05, 3.63) is 77.1 Å². The van der Waals surface area contributed by atoms with Crippen molar-refractivity contribution in [2.75, 3.05) is 5.32 Å². The topological polar surface area (TPSA) is 79.4 Å². The van der Waals surface area contributed by atoms with Gasteiger partial charge >= 0.3 is 0 Å². The lowest BCUT2D eigenvalue weighted by atomic mass is 10.1. The highest BCUT2D eigenvalue weighted by molar-refractivity contribution is 6.31. The average molecular weight is 351 g/mol. The lowest BCUT2D eigenvalue weighted by Crippen LogP contribution is -2.05. The Morgan fingerprint density at radius 2 is 1.92 bits per heavy atom. The molecule has 0 aliphatic carbocycles. The highest BCUT2D eigenvalue weighted by Crippen LogP contribution is 2.22. The molecule has 7 heteroatoms. The van der Waals surface area contributed by atoms with Crippen molar-refractivity contribution in [3.63, 3.8) is 0 Å². The Labute approximate surface area is 149 Å². The molecule has 4 aromatic rings. The van der Waals surface area contributed by atoms with Gasteiger partial charge in [-0.3, -0.25) is 4.98 Å². The van der Waals surface area contributed by atoms with E-state index in [1.165, 1.54) is 0 Å². The molecule has 0 bridgehead atoms. The highest BCUT2D eigenvalue weighted by atomic mass is 35.5. The third kappa shape index (κ3) is 3.59. The molecule has 0 saturated heterocycles. The summed E-state index contributed by atoms with van der Waals surface area (Å²) in [6.07, 6.45) is 9.71. The number of halogens is 1. The number of aromatic amines is 1. The molecular formula is C18H15ClN6. The molecule has 4 rings (SSSR count). The normalized spacial score (nSPS) is 10.9. The summed E-state index contributed by atoms with van der Waals surface area (Å²) >= 11 is 6.04. The Hall–Kier alpha value is -2.99. The molecule has 4 aromatic heterocycles. The van der Waals surface area contributed by atoms with Crippen LogP contribution in [0.1, 0.15) is 16.8 Å². The third-order valence-corrected chi connectivity index (χ3v) is 4.04. The Morgan fingerprint density at radius 3 is 2.72 bits per heavy atom. The maximum absolute atomic E-state index is 6.04. The van der Waals surface area contributed by atoms with Gasteiger partial charge < -0.3 is 10.3 Å². The largest absolute Gasteiger partial charge is 0.349 e. The number of rotatable bonds is 5. The maximum atomic E-state index is 6.04. The van der Waals surface area contributed by atoms with Gasteiger partial charge in [-0.1, -0.05) is 17.7 Å². The van der Waals surface area contributed by atoms with Gasteiger partial charge in [0.2, 0.25) is 5.95 Å². The van der Waals surface area contributed by atoms with Crippen LogP contribution in [-0.4, -0.2) is 24.9 Å². The minimum Gasteiger partial charge on any atom is -0.349 e. The van der Waals surface area contributed by atoms with Gasteiger partial charge in [0.1, 0.15) is 5.65 Å². The number of hydrogen-bond donors (Lipinski definition) is 2. The average Bonchev–Trinajstić information content (AvgIpc) is 3.04. The van der Waals surface area contributed by atoms with Crippen LogP contribution >= 0.6 is 11.6 Å². The SMILES string of the molecule is Clc1cnc2[nH]cc(Cc3cnc(NCc4ccccn4)nc3)c2c1. The van der Waals surface area contributed by atoms with Crippen molar-refractivity contribution >= 4 is 28.6 Å². The molecule has 2 N–H and O–H groups in total. The fourth-order valence-corrected chi connectivity index (χ4v) is 2.77. The minimum absolute atomic E-state index is 0.582. The number of hydrogen-bond acceptors (Lipinski definition) is 5. The van der Waals surface area contributed by atoms with Gasteiger partial charge in [-0.05, 0) is 29.3 Å². The van der Waals surface area contributed by atoms with Gasteiger partial charge in [0, 0.05) is 42.8 Å². The molecule has 124 valence electrons. The smallest absolute Gasteiger partial charge is 0.222 e. The quantitative estimate of drug-likeness (QED) is 0.575. The molecule has 25 heavy (non-hydrogen) atoms. The van der Waals surface area contributed by atoms with E-state index >= 15 is 0 Å². The Kier molecular flexibility index (Phi) is 4.26. The number of fused-ring (bicyclic) bond motifs is 1. The second kappa shape index (κ2) is 6.86. The lowest BCUT2D eigenvalue weighted by molar-refractivity contribution is 0.988. The van der Waals surface area contributed by atoms with E-state index in [0.717, 1.165) is 27.9 Å². The van der Waals surface area contributed by atoms with E-state index in [1.807, 2.05) is 42.9 Å². The van der Waals surface area contributed by atoms with Crippen molar-refractivity contribution in [1.29, 1.82) is 0 Å². The molecule has 0 unspecified atom stereocenters. The summed E-state index contributed by atoms with van der Waals surface area (Å²) in [6.45, 7) is 0.590. The van der Waals surface area contributed by atoms with Crippen LogP contribution in [0, 0.1) is 0 Å². The molecule has 0 aliphatic heterocycles. The zero-order chi connectivity index (χ0) is 17.1. The number of H-pyrrole nitrogens is 1. The molecule has 0 spiro atoms. The van der Waals surface area contributed by atoms with Crippen LogP contribution in [-0.2, 0) is 13.0 Å². The number of nitrogens with zero attached hydrogens (tertiary/aromatic N) is 4. The first-order valence-electron chi connectivity index (χ1n) is 7.84. The summed E-state index contributed by atoms with van der Waals surface area (Å²) in [5.74, 6) is 0.582. The number of anilines is 1. The predicted octanol–water partition coefficient (Wildman–Crippen LogP) is 3.60. The van der Waals surface area contributed by atoms with Gasteiger partial charge in [0.05, 0.1) is 17.3 Å². The maximum Gasteiger partial charge on any atom is 0.222 e. The first-order valence-corrected chi connectivity index (χ1v) is 8.22. The second-order valence-corrected chi connectivity index (χ2v) is 6.07. The van der Waals surface area contributed by atoms with E-state index in [9.17, 15) is 0 Å². The molecule has 4 heterocycles. The molecule has 0 aromatic carbocycles. The summed E-state index contributed by atoms with van der Waals surface area (Å²) in [5.41, 5.74) is 3.90. The van der Waals surface area contributed by atoms with Gasteiger partial charge in [-0.2, -0.15) is 0 Å². The van der Waals surface area contributed by atoms with Gasteiger partial charge in [0.25, 0.3) is 0 Å². The van der Waals surface area contributed by atoms with E-state index in [4.69, 9.17) is 11.6 Å². The summed E-state index contributed by atoms with van der Waals surface area (Å²) < 4.78 is 0. The van der Waals surface area contributed by atoms with Crippen LogP contribution in [0.15, 0.2) is 55.2 Å². The predicted molar refractivity (Wildman–Crippen MR) is 97.5 cm³/mol. The molecule has 0 saturated carbocycles. The summed E-state index contributed by atoms with van der Waals surface area (Å²) in [6, 6.07) is 7.72. The van der Waals surface area contributed by atoms with E-state index in [-0.39, 0.29) is 0 Å². The number of aromatic nitrogens is 5. The zero-order valence-electron chi connectivity index (χ0n) is 13.3. The number of pyridine rings is 2. The monoisotopic (exact) mass is 350 g/mol. The molecular weight excluding hydrogens is 336 g/mol. The van der Waals surface area contributed by atoms with Crippen LogP contribution in [0.4, 0.5) is 5.95 Å². The number of nitrogens with one attached hydrogen (secondary N) is 2. The van der Waals surface area contributed by atoms with Gasteiger partial charge in [-0.25, -0.2) is 15.0 Å². The van der Waals surface area contributed by atoms with Crippen molar-refractivity contribution in [1.82, 2.24) is 24.9 Å². The van der Waals surface area contributed by atoms with E-state index in [0.29, 0.717) is 23.9 Å². The van der Waals surface area contributed by atoms with Crippen molar-refractivity contribution in [2.24, 2.45) is 0 Å². The first kappa shape index (κ1) is 15.5. The van der Waals surface area contributed by atoms with Crippen LogP contribution in [0.3, 0.4) is 0 Å². The van der Waals surface area contributed by atoms with Crippen LogP contribution in [0.25, 0.3) is 11.0 Å². The Bertz CT molecular complexity index is 982. The second-order valence-electron chi connectivity index (χ2n) is 5.63. The first-order chi connectivity index (χ1) is 12.3. The minimum atomic E-state index is 0.582. The molecule has 6 nitrogen and oxygen atoms in total. The molecule has 0 aliphatic rings. The van der Waals surface area contributed by atoms with Gasteiger partial charge in [0.15, 0.2) is 0 Å². The summed E-state index contributed by atoms with van der Waals surface area (Å²) in [4.78, 5) is 20.4. The third-order valence-electron chi connectivity index (χ3n) is 3.84. The van der Waals surface area contributed by atoms with Crippen molar-refractivity contribution in [2.45, 2.75) is 13.0 Å². The standard InChI is InChI=1S/C18H15ClN6/c19-14-6-16-13(9-21-17(16)22-10-14)5-12-7-23-18(24-8-12)25-11-15-3-1-2-4-20-15/h1-4,6-10H,5,11H2,(H,21,22)(H,23,24,25). The molecule has 0 radical (unpaired) electrons. The molecule has 0 amide bonds. The fraction of sp³-hybridized carbons (Fsp3) is 0.111. The lowest BCUT2D eigenvalue weighted by Gasteiger charge is -2.05. The molecule has 0 fully saturated rings. The van der Waals surface area contributed by atoms with Crippen LogP contribution in [0.2, 0.25) is 5.02 Å². The van der Waals surface area contributed by atoms with Crippen LogP contribution < -0.4 is 5.32 Å².